The summed E-state index contributed by atoms with van der Waals surface area (Å²) in [5.41, 5.74) is 0. The molecular formula is C17H30N2O5S3. The number of aromatic nitrogens is 2. The Morgan fingerprint density at radius 3 is 1.96 bits per heavy atom. The zero-order valence-electron chi connectivity index (χ0n) is 16.2. The van der Waals surface area contributed by atoms with Crippen LogP contribution in [0.5, 0.6) is 0 Å². The number of hydrogen-bond donors (Lipinski definition) is 2. The summed E-state index contributed by atoms with van der Waals surface area (Å²) in [6.07, 6.45) is -0.528. The maximum Gasteiger partial charge on any atom is 0.171 e. The summed E-state index contributed by atoms with van der Waals surface area (Å²) in [4.78, 5) is 0. The van der Waals surface area contributed by atoms with Crippen molar-refractivity contribution >= 4 is 41.6 Å². The van der Waals surface area contributed by atoms with E-state index in [4.69, 9.17) is 31.2 Å². The Kier molecular flexibility index (Phi) is 12.8. The molecule has 0 fully saturated rings. The summed E-state index contributed by atoms with van der Waals surface area (Å²) < 4.78 is 23.1. The highest BCUT2D eigenvalue weighted by Crippen LogP contribution is 2.15. The van der Waals surface area contributed by atoms with Gasteiger partial charge in [-0.3, -0.25) is 0 Å². The average Bonchev–Trinajstić information content (AvgIpc) is 3.05. The van der Waals surface area contributed by atoms with E-state index in [-0.39, 0.29) is 31.0 Å². The van der Waals surface area contributed by atoms with Gasteiger partial charge in [0.2, 0.25) is 0 Å². The fourth-order valence-electron chi connectivity index (χ4n) is 1.93. The van der Waals surface area contributed by atoms with Crippen molar-refractivity contribution in [3.8, 4) is 0 Å². The number of rotatable bonds is 15. The first kappa shape index (κ1) is 24.8. The van der Waals surface area contributed by atoms with Gasteiger partial charge >= 0.3 is 0 Å². The van der Waals surface area contributed by atoms with E-state index < -0.39 is 6.10 Å². The highest BCUT2D eigenvalue weighted by Gasteiger charge is 2.14. The first-order valence-electron chi connectivity index (χ1n) is 8.91. The fraction of sp³-hybridized carbons (Fsp3) is 0.824. The van der Waals surface area contributed by atoms with Crippen molar-refractivity contribution in [1.29, 1.82) is 0 Å². The zero-order chi connectivity index (χ0) is 20.2. The molecule has 5 unspecified atom stereocenters. The molecule has 156 valence electrons. The maximum absolute atomic E-state index is 10.00. The highest BCUT2D eigenvalue weighted by atomic mass is 32.2. The van der Waals surface area contributed by atoms with Gasteiger partial charge in [0.05, 0.1) is 56.9 Å². The number of thiocarbonyl (C=S) groups is 1. The molecule has 0 saturated carbocycles. The Morgan fingerprint density at radius 1 is 0.963 bits per heavy atom. The Morgan fingerprint density at radius 2 is 1.48 bits per heavy atom. The molecule has 1 aromatic heterocycles. The van der Waals surface area contributed by atoms with Crippen molar-refractivity contribution in [1.82, 2.24) is 10.2 Å². The molecule has 7 nitrogen and oxygen atoms in total. The molecule has 5 atom stereocenters. The number of nitrogens with zero attached hydrogens (tertiary/aromatic N) is 2. The van der Waals surface area contributed by atoms with E-state index in [9.17, 15) is 5.11 Å². The Labute approximate surface area is 176 Å². The highest BCUT2D eigenvalue weighted by molar-refractivity contribution is 7.82. The van der Waals surface area contributed by atoms with E-state index >= 15 is 0 Å². The van der Waals surface area contributed by atoms with Crippen LogP contribution in [0.25, 0.3) is 0 Å². The number of thiol groups is 1. The van der Waals surface area contributed by atoms with Crippen LogP contribution in [0.2, 0.25) is 0 Å². The van der Waals surface area contributed by atoms with E-state index in [2.05, 4.69) is 22.8 Å². The van der Waals surface area contributed by atoms with Crippen LogP contribution in [0.3, 0.4) is 0 Å². The monoisotopic (exact) mass is 438 g/mol. The van der Waals surface area contributed by atoms with Gasteiger partial charge in [0.15, 0.2) is 4.34 Å². The summed E-state index contributed by atoms with van der Waals surface area (Å²) >= 11 is 10.3. The lowest BCUT2D eigenvalue weighted by Crippen LogP contribution is -2.29. The number of hydrogen-bond acceptors (Lipinski definition) is 10. The van der Waals surface area contributed by atoms with Crippen LogP contribution < -0.4 is 0 Å². The lowest BCUT2D eigenvalue weighted by atomic mass is 10.3. The molecule has 0 radical (unpaired) electrons. The summed E-state index contributed by atoms with van der Waals surface area (Å²) in [7, 11) is 0. The normalized spacial score (nSPS) is 17.3. The van der Waals surface area contributed by atoms with Crippen LogP contribution >= 0.6 is 36.2 Å². The van der Waals surface area contributed by atoms with Gasteiger partial charge < -0.3 is 24.1 Å². The first-order valence-corrected chi connectivity index (χ1v) is 10.6. The second-order valence-electron chi connectivity index (χ2n) is 6.44. The molecule has 0 spiro atoms. The second-order valence-corrected chi connectivity index (χ2v) is 8.50. The molecule has 1 aromatic rings. The van der Waals surface area contributed by atoms with E-state index in [1.54, 1.807) is 5.37 Å². The number of ether oxygens (including phenoxy) is 4. The van der Waals surface area contributed by atoms with Gasteiger partial charge in [0.25, 0.3) is 0 Å². The van der Waals surface area contributed by atoms with Gasteiger partial charge in [-0.25, -0.2) is 0 Å². The predicted molar refractivity (Wildman–Crippen MR) is 112 cm³/mol. The molecule has 10 heteroatoms. The third kappa shape index (κ3) is 12.1. The van der Waals surface area contributed by atoms with Gasteiger partial charge in [-0.15, -0.1) is 22.8 Å². The summed E-state index contributed by atoms with van der Waals surface area (Å²) in [6.45, 7) is 9.28. The van der Waals surface area contributed by atoms with Crippen LogP contribution in [0, 0.1) is 0 Å². The summed E-state index contributed by atoms with van der Waals surface area (Å²) in [5, 5.41) is 20.1. The molecule has 1 heterocycles. The van der Waals surface area contributed by atoms with Crippen LogP contribution in [0.4, 0.5) is 0 Å². The molecule has 1 rings (SSSR count). The third-order valence-corrected chi connectivity index (χ3v) is 4.95. The van der Waals surface area contributed by atoms with E-state index in [0.29, 0.717) is 30.6 Å². The second kappa shape index (κ2) is 13.9. The van der Waals surface area contributed by atoms with Crippen LogP contribution in [-0.4, -0.2) is 77.6 Å². The standard InChI is InChI=1S/C17H30N2O5S3/c1-11(6-21-12(2)8-23-14(4)10-25)22-7-13(3)24-9-15(20)5-16-18-19-17(26)27-16/h10-15,20H,5-9H2,1-4H3,(H,19,26). The molecule has 0 amide bonds. The molecule has 0 aromatic carbocycles. The van der Waals surface area contributed by atoms with Gasteiger partial charge in [0.1, 0.15) is 5.01 Å². The smallest absolute Gasteiger partial charge is 0.171 e. The summed E-state index contributed by atoms with van der Waals surface area (Å²) in [5.74, 6) is 0. The minimum absolute atomic E-state index is 0.0320. The third-order valence-electron chi connectivity index (χ3n) is 3.46. The summed E-state index contributed by atoms with van der Waals surface area (Å²) in [6, 6.07) is 0. The van der Waals surface area contributed by atoms with Crippen molar-refractivity contribution in [2.75, 3.05) is 26.4 Å². The van der Waals surface area contributed by atoms with Crippen molar-refractivity contribution < 1.29 is 24.1 Å². The van der Waals surface area contributed by atoms with E-state index in [0.717, 1.165) is 5.01 Å². The van der Waals surface area contributed by atoms with Gasteiger partial charge in [-0.1, -0.05) is 23.6 Å². The molecule has 0 saturated heterocycles. The SMILES string of the molecule is CC(C=S)OCC(C)OCC(C)OCC(C)OCC(O)Cc1nnc(S)s1. The first-order chi connectivity index (χ1) is 12.8. The van der Waals surface area contributed by atoms with Crippen LogP contribution in [-0.2, 0) is 25.4 Å². The van der Waals surface area contributed by atoms with Crippen molar-refractivity contribution in [3.63, 3.8) is 0 Å². The molecule has 0 aliphatic carbocycles. The van der Waals surface area contributed by atoms with Crippen LogP contribution in [0.1, 0.15) is 32.7 Å². The lowest BCUT2D eigenvalue weighted by molar-refractivity contribution is -0.0887. The molecular weight excluding hydrogens is 408 g/mol. The van der Waals surface area contributed by atoms with Gasteiger partial charge in [0, 0.05) is 11.8 Å². The minimum Gasteiger partial charge on any atom is -0.390 e. The Balaban J connectivity index is 2.10. The van der Waals surface area contributed by atoms with Crippen LogP contribution in [0.15, 0.2) is 4.34 Å². The minimum atomic E-state index is -0.635. The van der Waals surface area contributed by atoms with Crippen molar-refractivity contribution in [3.05, 3.63) is 5.01 Å². The van der Waals surface area contributed by atoms with Gasteiger partial charge in [-0.2, -0.15) is 0 Å². The maximum atomic E-state index is 10.00. The van der Waals surface area contributed by atoms with E-state index in [1.807, 2.05) is 27.7 Å². The quantitative estimate of drug-likeness (QED) is 0.319. The predicted octanol–water partition coefficient (Wildman–Crippen LogP) is 2.35. The lowest BCUT2D eigenvalue weighted by Gasteiger charge is -2.21. The van der Waals surface area contributed by atoms with Crippen molar-refractivity contribution in [2.45, 2.75) is 69.0 Å². The molecule has 27 heavy (non-hydrogen) atoms. The van der Waals surface area contributed by atoms with Gasteiger partial charge in [-0.05, 0) is 27.7 Å². The molecule has 0 bridgehead atoms. The largest absolute Gasteiger partial charge is 0.390 e. The Hall–Kier alpha value is -0.200. The Bertz CT molecular complexity index is 534. The molecule has 1 N–H and O–H groups in total. The molecule has 0 aliphatic heterocycles. The van der Waals surface area contributed by atoms with E-state index in [1.165, 1.54) is 11.3 Å². The topological polar surface area (TPSA) is 82.9 Å². The zero-order valence-corrected chi connectivity index (χ0v) is 18.8. The average molecular weight is 439 g/mol. The number of aliphatic hydroxyl groups is 1. The fourth-order valence-corrected chi connectivity index (χ4v) is 3.02. The van der Waals surface area contributed by atoms with Crippen molar-refractivity contribution in [2.24, 2.45) is 0 Å². The molecule has 0 aliphatic rings. The number of aliphatic hydroxyl groups excluding tert-OH is 1.